The van der Waals surface area contributed by atoms with Crippen molar-refractivity contribution in [2.75, 3.05) is 6.61 Å². The highest BCUT2D eigenvalue weighted by atomic mass is 19.4. The van der Waals surface area contributed by atoms with Crippen LogP contribution in [0, 0.1) is 0 Å². The summed E-state index contributed by atoms with van der Waals surface area (Å²) >= 11 is 0. The number of hydrogen-bond acceptors (Lipinski definition) is 3. The van der Waals surface area contributed by atoms with Gasteiger partial charge in [0.15, 0.2) is 0 Å². The molecule has 2 aromatic rings. The van der Waals surface area contributed by atoms with Crippen molar-refractivity contribution in [3.05, 3.63) is 65.2 Å². The van der Waals surface area contributed by atoms with E-state index in [0.29, 0.717) is 17.2 Å². The summed E-state index contributed by atoms with van der Waals surface area (Å²) in [5, 5.41) is 0. The van der Waals surface area contributed by atoms with E-state index in [-0.39, 0.29) is 13.0 Å². The van der Waals surface area contributed by atoms with E-state index in [1.54, 1.807) is 26.0 Å². The minimum absolute atomic E-state index is 0.0793. The Morgan fingerprint density at radius 3 is 2.04 bits per heavy atom. The SMILES string of the molecule is CCOC(=O)C(C)(Cc1ccc(C(F)(F)F)cc1)Oc1ccc(C(C)C)cc1. The van der Waals surface area contributed by atoms with Crippen LogP contribution in [0.15, 0.2) is 48.5 Å². The molecule has 0 bridgehead atoms. The summed E-state index contributed by atoms with van der Waals surface area (Å²) in [5.74, 6) is 0.285. The third-order valence-corrected chi connectivity index (χ3v) is 4.42. The average Bonchev–Trinajstić information content (AvgIpc) is 2.62. The molecule has 1 atom stereocenters. The minimum atomic E-state index is -4.41. The molecular formula is C22H25F3O3. The molecular weight excluding hydrogens is 369 g/mol. The van der Waals surface area contributed by atoms with Gasteiger partial charge in [-0.2, -0.15) is 13.2 Å². The Hall–Kier alpha value is -2.50. The van der Waals surface area contributed by atoms with Crippen LogP contribution in [0.25, 0.3) is 0 Å². The Labute approximate surface area is 163 Å². The molecule has 2 aromatic carbocycles. The van der Waals surface area contributed by atoms with E-state index in [1.165, 1.54) is 12.1 Å². The molecule has 2 rings (SSSR count). The predicted molar refractivity (Wildman–Crippen MR) is 101 cm³/mol. The molecule has 0 heterocycles. The highest BCUT2D eigenvalue weighted by molar-refractivity contribution is 5.80. The summed E-state index contributed by atoms with van der Waals surface area (Å²) in [7, 11) is 0. The molecule has 0 spiro atoms. The first-order valence-electron chi connectivity index (χ1n) is 9.17. The first kappa shape index (κ1) is 21.8. The zero-order chi connectivity index (χ0) is 20.9. The first-order valence-corrected chi connectivity index (χ1v) is 9.17. The van der Waals surface area contributed by atoms with E-state index in [1.807, 2.05) is 12.1 Å². The van der Waals surface area contributed by atoms with Gasteiger partial charge in [-0.15, -0.1) is 0 Å². The lowest BCUT2D eigenvalue weighted by atomic mass is 9.95. The maximum Gasteiger partial charge on any atom is 0.416 e. The van der Waals surface area contributed by atoms with Crippen molar-refractivity contribution >= 4 is 5.97 Å². The molecule has 0 aliphatic heterocycles. The summed E-state index contributed by atoms with van der Waals surface area (Å²) < 4.78 is 49.4. The second kappa shape index (κ2) is 8.67. The topological polar surface area (TPSA) is 35.5 Å². The number of carbonyl (C=O) groups excluding carboxylic acids is 1. The third kappa shape index (κ3) is 5.50. The van der Waals surface area contributed by atoms with E-state index in [2.05, 4.69) is 13.8 Å². The standard InChI is InChI=1S/C22H25F3O3/c1-5-27-20(26)21(4,28-19-12-8-17(9-13-19)15(2)3)14-16-6-10-18(11-7-16)22(23,24)25/h6-13,15H,5,14H2,1-4H3. The van der Waals surface area contributed by atoms with E-state index >= 15 is 0 Å². The Bertz CT molecular complexity index is 780. The third-order valence-electron chi connectivity index (χ3n) is 4.42. The molecule has 0 saturated carbocycles. The summed E-state index contributed by atoms with van der Waals surface area (Å²) in [5.41, 5.74) is -0.427. The molecule has 6 heteroatoms. The Morgan fingerprint density at radius 2 is 1.57 bits per heavy atom. The summed E-state index contributed by atoms with van der Waals surface area (Å²) in [4.78, 5) is 12.5. The smallest absolute Gasteiger partial charge is 0.416 e. The van der Waals surface area contributed by atoms with Gasteiger partial charge in [0.05, 0.1) is 12.2 Å². The molecule has 0 aromatic heterocycles. The van der Waals surface area contributed by atoms with Crippen molar-refractivity contribution < 1.29 is 27.4 Å². The maximum atomic E-state index is 12.8. The van der Waals surface area contributed by atoms with Crippen LogP contribution in [0.3, 0.4) is 0 Å². The molecule has 0 amide bonds. The van der Waals surface area contributed by atoms with Gasteiger partial charge in [0.25, 0.3) is 0 Å². The largest absolute Gasteiger partial charge is 0.476 e. The van der Waals surface area contributed by atoms with Crippen LogP contribution < -0.4 is 4.74 Å². The molecule has 0 saturated heterocycles. The van der Waals surface area contributed by atoms with Crippen molar-refractivity contribution in [3.8, 4) is 5.75 Å². The van der Waals surface area contributed by atoms with Crippen LogP contribution in [0.5, 0.6) is 5.75 Å². The number of rotatable bonds is 7. The second-order valence-corrected chi connectivity index (χ2v) is 7.15. The summed E-state index contributed by atoms with van der Waals surface area (Å²) in [6.07, 6.45) is -4.33. The number of benzene rings is 2. The first-order chi connectivity index (χ1) is 13.0. The van der Waals surface area contributed by atoms with Crippen molar-refractivity contribution in [1.29, 1.82) is 0 Å². The Morgan fingerprint density at radius 1 is 1.00 bits per heavy atom. The fraction of sp³-hybridized carbons (Fsp3) is 0.409. The number of halogens is 3. The van der Waals surface area contributed by atoms with Crippen LogP contribution in [-0.4, -0.2) is 18.2 Å². The lowest BCUT2D eigenvalue weighted by Gasteiger charge is -2.29. The number of ether oxygens (including phenoxy) is 2. The van der Waals surface area contributed by atoms with Crippen LogP contribution in [0.4, 0.5) is 13.2 Å². The summed E-state index contributed by atoms with van der Waals surface area (Å²) in [6.45, 7) is 7.59. The zero-order valence-electron chi connectivity index (χ0n) is 16.5. The fourth-order valence-corrected chi connectivity index (χ4v) is 2.82. The Kier molecular flexibility index (Phi) is 6.75. The maximum absolute atomic E-state index is 12.8. The fourth-order valence-electron chi connectivity index (χ4n) is 2.82. The van der Waals surface area contributed by atoms with Gasteiger partial charge in [-0.1, -0.05) is 38.1 Å². The van der Waals surface area contributed by atoms with E-state index in [0.717, 1.165) is 17.7 Å². The van der Waals surface area contributed by atoms with Gasteiger partial charge in [-0.25, -0.2) is 4.79 Å². The van der Waals surface area contributed by atoms with Crippen LogP contribution >= 0.6 is 0 Å². The molecule has 28 heavy (non-hydrogen) atoms. The molecule has 1 unspecified atom stereocenters. The summed E-state index contributed by atoms with van der Waals surface area (Å²) in [6, 6.07) is 12.1. The quantitative estimate of drug-likeness (QED) is 0.559. The van der Waals surface area contributed by atoms with E-state index in [4.69, 9.17) is 9.47 Å². The zero-order valence-corrected chi connectivity index (χ0v) is 16.5. The molecule has 0 N–H and O–H groups in total. The molecule has 0 radical (unpaired) electrons. The highest BCUT2D eigenvalue weighted by Gasteiger charge is 2.38. The minimum Gasteiger partial charge on any atom is -0.476 e. The molecule has 152 valence electrons. The normalized spacial score (nSPS) is 13.9. The van der Waals surface area contributed by atoms with Crippen LogP contribution in [0.2, 0.25) is 0 Å². The lowest BCUT2D eigenvalue weighted by molar-refractivity contribution is -0.160. The van der Waals surface area contributed by atoms with Crippen LogP contribution in [0.1, 0.15) is 50.3 Å². The van der Waals surface area contributed by atoms with Crippen molar-refractivity contribution in [1.82, 2.24) is 0 Å². The van der Waals surface area contributed by atoms with Crippen molar-refractivity contribution in [3.63, 3.8) is 0 Å². The molecule has 3 nitrogen and oxygen atoms in total. The van der Waals surface area contributed by atoms with Gasteiger partial charge in [0.1, 0.15) is 5.75 Å². The van der Waals surface area contributed by atoms with Gasteiger partial charge in [0, 0.05) is 6.42 Å². The number of carbonyl (C=O) groups is 1. The highest BCUT2D eigenvalue weighted by Crippen LogP contribution is 2.30. The molecule has 0 aliphatic rings. The average molecular weight is 394 g/mol. The predicted octanol–water partition coefficient (Wildman–Crippen LogP) is 5.77. The van der Waals surface area contributed by atoms with Crippen molar-refractivity contribution in [2.45, 2.75) is 51.8 Å². The molecule has 0 aliphatic carbocycles. The number of hydrogen-bond donors (Lipinski definition) is 0. The van der Waals surface area contributed by atoms with Gasteiger partial charge in [-0.05, 0) is 55.2 Å². The number of esters is 1. The van der Waals surface area contributed by atoms with Gasteiger partial charge in [-0.3, -0.25) is 0 Å². The van der Waals surface area contributed by atoms with Gasteiger partial charge >= 0.3 is 12.1 Å². The van der Waals surface area contributed by atoms with Crippen LogP contribution in [-0.2, 0) is 22.1 Å². The number of alkyl halides is 3. The Balaban J connectivity index is 2.26. The molecule has 0 fully saturated rings. The van der Waals surface area contributed by atoms with Gasteiger partial charge in [0.2, 0.25) is 5.60 Å². The second-order valence-electron chi connectivity index (χ2n) is 7.15. The van der Waals surface area contributed by atoms with Crippen molar-refractivity contribution in [2.24, 2.45) is 0 Å². The lowest BCUT2D eigenvalue weighted by Crippen LogP contribution is -2.45. The van der Waals surface area contributed by atoms with E-state index < -0.39 is 23.3 Å². The van der Waals surface area contributed by atoms with E-state index in [9.17, 15) is 18.0 Å². The van der Waals surface area contributed by atoms with Gasteiger partial charge < -0.3 is 9.47 Å². The monoisotopic (exact) mass is 394 g/mol.